The van der Waals surface area contributed by atoms with Gasteiger partial charge in [-0.05, 0) is 50.5 Å². The Morgan fingerprint density at radius 3 is 2.51 bits per heavy atom. The van der Waals surface area contributed by atoms with Crippen LogP contribution in [0.3, 0.4) is 0 Å². The van der Waals surface area contributed by atoms with E-state index in [4.69, 9.17) is 12.6 Å². The van der Waals surface area contributed by atoms with Gasteiger partial charge in [0.05, 0.1) is 17.0 Å². The molecule has 2 heterocycles. The van der Waals surface area contributed by atoms with E-state index in [0.29, 0.717) is 24.4 Å². The highest BCUT2D eigenvalue weighted by molar-refractivity contribution is 7.89. The van der Waals surface area contributed by atoms with Crippen LogP contribution in [0.1, 0.15) is 36.5 Å². The number of aromatic nitrogens is 1. The summed E-state index contributed by atoms with van der Waals surface area (Å²) < 4.78 is 34.6. The number of sulfonamides is 1. The van der Waals surface area contributed by atoms with Crippen LogP contribution in [-0.2, 0) is 10.0 Å². The summed E-state index contributed by atoms with van der Waals surface area (Å²) >= 11 is 0. The number of fused-ring (bicyclic) bond motifs is 1. The first kappa shape index (κ1) is 27.9. The largest absolute Gasteiger partial charge is 0.493 e. The smallest absolute Gasteiger partial charge is 0.255 e. The van der Waals surface area contributed by atoms with Crippen LogP contribution in [0.2, 0.25) is 0 Å². The fourth-order valence-corrected chi connectivity index (χ4v) is 4.83. The summed E-state index contributed by atoms with van der Waals surface area (Å²) in [5.41, 5.74) is 0.259. The molecule has 10 nitrogen and oxygen atoms in total. The standard InChI is InChI=1S/C25H29BN4O6S/c1-18(29-37(34,35)22-8-4-2-5-9-22)17-28-24(32)19-14-20-16-21(10-12-30(20)23(31)15-19)36-13-7-3-6-11-27-25(26)33/h2,4-5,8-10,12,14-16,18,29H,3,6-7,11,13,17H2,1H3,(H,27,33)(H,28,32)/t18-/m1/s1. The van der Waals surface area contributed by atoms with Gasteiger partial charge in [0, 0.05) is 43.0 Å². The Hall–Kier alpha value is -3.64. The molecule has 1 aromatic carbocycles. The van der Waals surface area contributed by atoms with Crippen LogP contribution < -0.4 is 25.7 Å². The minimum atomic E-state index is -3.72. The minimum absolute atomic E-state index is 0.0301. The van der Waals surface area contributed by atoms with Crippen molar-refractivity contribution in [2.45, 2.75) is 37.1 Å². The van der Waals surface area contributed by atoms with Crippen LogP contribution in [0.25, 0.3) is 5.52 Å². The molecule has 1 atom stereocenters. The molecule has 0 aliphatic rings. The maximum Gasteiger partial charge on any atom is 0.255 e. The average Bonchev–Trinajstić information content (AvgIpc) is 2.86. The fourth-order valence-electron chi connectivity index (χ4n) is 3.56. The van der Waals surface area contributed by atoms with Crippen molar-refractivity contribution in [3.63, 3.8) is 0 Å². The molecule has 0 saturated heterocycles. The van der Waals surface area contributed by atoms with Crippen LogP contribution in [0.4, 0.5) is 4.79 Å². The van der Waals surface area contributed by atoms with E-state index in [0.717, 1.165) is 19.3 Å². The number of amides is 2. The molecule has 0 aliphatic carbocycles. The molecule has 12 heteroatoms. The summed E-state index contributed by atoms with van der Waals surface area (Å²) in [4.78, 5) is 36.0. The molecule has 0 bridgehead atoms. The van der Waals surface area contributed by atoms with Gasteiger partial charge in [-0.1, -0.05) is 18.2 Å². The molecule has 37 heavy (non-hydrogen) atoms. The maximum atomic E-state index is 12.7. The SMILES string of the molecule is [B]C(=O)NCCCCCOc1ccn2c(=O)cc(C(=O)NC[C@@H](C)NS(=O)(=O)c3ccccc3)cc2c1. The van der Waals surface area contributed by atoms with Gasteiger partial charge in [0.15, 0.2) is 13.7 Å². The molecule has 0 unspecified atom stereocenters. The number of benzene rings is 1. The van der Waals surface area contributed by atoms with Gasteiger partial charge >= 0.3 is 0 Å². The number of nitrogens with zero attached hydrogens (tertiary/aromatic N) is 1. The quantitative estimate of drug-likeness (QED) is 0.231. The van der Waals surface area contributed by atoms with E-state index in [1.807, 2.05) is 0 Å². The summed E-state index contributed by atoms with van der Waals surface area (Å²) in [6.07, 6.45) is 3.97. The predicted octanol–water partition coefficient (Wildman–Crippen LogP) is 1.82. The summed E-state index contributed by atoms with van der Waals surface area (Å²) in [6.45, 7) is 2.63. The first-order chi connectivity index (χ1) is 17.7. The summed E-state index contributed by atoms with van der Waals surface area (Å²) in [5.74, 6) is -0.490. The van der Waals surface area contributed by atoms with Crippen molar-refractivity contribution in [1.29, 1.82) is 0 Å². The van der Waals surface area contributed by atoms with E-state index in [1.54, 1.807) is 49.5 Å². The molecule has 2 amide bonds. The lowest BCUT2D eigenvalue weighted by atomic mass is 10.1. The van der Waals surface area contributed by atoms with Crippen molar-refractivity contribution < 1.29 is 22.7 Å². The number of carbonyl (C=O) groups excluding carboxylic acids is 2. The van der Waals surface area contributed by atoms with Gasteiger partial charge in [0.1, 0.15) is 5.75 Å². The molecule has 2 radical (unpaired) electrons. The Morgan fingerprint density at radius 2 is 1.78 bits per heavy atom. The lowest BCUT2D eigenvalue weighted by molar-refractivity contribution is 0.0951. The van der Waals surface area contributed by atoms with Gasteiger partial charge < -0.3 is 15.4 Å². The Kier molecular flexibility index (Phi) is 9.87. The zero-order valence-electron chi connectivity index (χ0n) is 20.5. The molecule has 0 saturated carbocycles. The van der Waals surface area contributed by atoms with Crippen molar-refractivity contribution in [2.24, 2.45) is 0 Å². The second-order valence-electron chi connectivity index (χ2n) is 8.49. The van der Waals surface area contributed by atoms with Gasteiger partial charge in [-0.25, -0.2) is 13.1 Å². The molecular weight excluding hydrogens is 495 g/mol. The number of pyridine rings is 2. The average molecular weight is 524 g/mol. The number of hydrogen-bond donors (Lipinski definition) is 3. The van der Waals surface area contributed by atoms with E-state index in [2.05, 4.69) is 15.4 Å². The predicted molar refractivity (Wildman–Crippen MR) is 141 cm³/mol. The highest BCUT2D eigenvalue weighted by Crippen LogP contribution is 2.15. The highest BCUT2D eigenvalue weighted by atomic mass is 32.2. The monoisotopic (exact) mass is 524 g/mol. The lowest BCUT2D eigenvalue weighted by Gasteiger charge is -2.15. The zero-order chi connectivity index (χ0) is 26.8. The molecule has 3 rings (SSSR count). The topological polar surface area (TPSA) is 135 Å². The second kappa shape index (κ2) is 13.1. The van der Waals surface area contributed by atoms with E-state index in [9.17, 15) is 22.8 Å². The summed E-state index contributed by atoms with van der Waals surface area (Å²) in [7, 11) is 1.30. The molecular formula is C25H29BN4O6S. The third-order valence-electron chi connectivity index (χ3n) is 5.41. The van der Waals surface area contributed by atoms with Crippen molar-refractivity contribution in [2.75, 3.05) is 19.7 Å². The highest BCUT2D eigenvalue weighted by Gasteiger charge is 2.18. The maximum absolute atomic E-state index is 12.7. The van der Waals surface area contributed by atoms with Crippen molar-refractivity contribution in [1.82, 2.24) is 19.8 Å². The van der Waals surface area contributed by atoms with Crippen molar-refractivity contribution in [3.05, 3.63) is 76.7 Å². The van der Waals surface area contributed by atoms with Gasteiger partial charge in [-0.15, -0.1) is 0 Å². The fraction of sp³-hybridized carbons (Fsp3) is 0.320. The first-order valence-corrected chi connectivity index (χ1v) is 13.3. The van der Waals surface area contributed by atoms with Crippen molar-refractivity contribution >= 4 is 35.1 Å². The first-order valence-electron chi connectivity index (χ1n) is 11.8. The Labute approximate surface area is 216 Å². The Morgan fingerprint density at radius 1 is 1.03 bits per heavy atom. The minimum Gasteiger partial charge on any atom is -0.493 e. The molecule has 194 valence electrons. The van der Waals surface area contributed by atoms with Crippen molar-refractivity contribution in [3.8, 4) is 5.75 Å². The Balaban J connectivity index is 1.56. The number of nitrogens with one attached hydrogen (secondary N) is 3. The van der Waals surface area contributed by atoms with Gasteiger partial charge in [-0.3, -0.25) is 18.8 Å². The zero-order valence-corrected chi connectivity index (χ0v) is 21.3. The molecule has 3 N–H and O–H groups in total. The number of carbonyl (C=O) groups is 2. The number of ether oxygens (including phenoxy) is 1. The van der Waals surface area contributed by atoms with Crippen LogP contribution in [0, 0.1) is 0 Å². The summed E-state index contributed by atoms with van der Waals surface area (Å²) in [5, 5.41) is 5.19. The Bertz CT molecular complexity index is 1400. The van der Waals surface area contributed by atoms with E-state index in [-0.39, 0.29) is 22.6 Å². The molecule has 0 spiro atoms. The van der Waals surface area contributed by atoms with E-state index < -0.39 is 27.8 Å². The normalized spacial score (nSPS) is 12.1. The summed E-state index contributed by atoms with van der Waals surface area (Å²) in [6, 6.07) is 13.5. The van der Waals surface area contributed by atoms with Gasteiger partial charge in [0.25, 0.3) is 11.5 Å². The van der Waals surface area contributed by atoms with E-state index in [1.165, 1.54) is 22.6 Å². The lowest BCUT2D eigenvalue weighted by Crippen LogP contribution is -2.41. The third kappa shape index (κ3) is 8.47. The number of unbranched alkanes of at least 4 members (excludes halogenated alkanes) is 2. The number of rotatable bonds is 13. The van der Waals surface area contributed by atoms with Gasteiger partial charge in [-0.2, -0.15) is 0 Å². The molecule has 2 aromatic heterocycles. The van der Waals surface area contributed by atoms with E-state index >= 15 is 0 Å². The van der Waals surface area contributed by atoms with Gasteiger partial charge in [0.2, 0.25) is 10.0 Å². The number of hydrogen-bond acceptors (Lipinski definition) is 6. The van der Waals surface area contributed by atoms with Crippen LogP contribution in [0.5, 0.6) is 5.75 Å². The van der Waals surface area contributed by atoms with Crippen LogP contribution >= 0.6 is 0 Å². The molecule has 0 aliphatic heterocycles. The van der Waals surface area contributed by atoms with Crippen LogP contribution in [0.15, 0.2) is 70.5 Å². The molecule has 3 aromatic rings. The van der Waals surface area contributed by atoms with Crippen LogP contribution in [-0.4, -0.2) is 58.1 Å². The molecule has 0 fully saturated rings. The third-order valence-corrected chi connectivity index (χ3v) is 7.01. The second-order valence-corrected chi connectivity index (χ2v) is 10.2.